The normalized spacial score (nSPS) is 24.0. The summed E-state index contributed by atoms with van der Waals surface area (Å²) in [6, 6.07) is 0.479. The number of hydrogen-bond donors (Lipinski definition) is 1. The van der Waals surface area contributed by atoms with Gasteiger partial charge in [0.05, 0.1) is 12.6 Å². The van der Waals surface area contributed by atoms with E-state index < -0.39 is 0 Å². The van der Waals surface area contributed by atoms with Crippen LogP contribution in [0.25, 0.3) is 0 Å². The molecule has 146 valence electrons. The predicted molar refractivity (Wildman–Crippen MR) is 96.7 cm³/mol. The first-order valence-corrected chi connectivity index (χ1v) is 9.83. The van der Waals surface area contributed by atoms with Crippen LogP contribution in [0.5, 0.6) is 0 Å². The van der Waals surface area contributed by atoms with Crippen molar-refractivity contribution in [2.75, 3.05) is 32.8 Å². The van der Waals surface area contributed by atoms with E-state index in [-0.39, 0.29) is 12.1 Å². The van der Waals surface area contributed by atoms with Crippen molar-refractivity contribution in [3.8, 4) is 0 Å². The first-order chi connectivity index (χ1) is 12.7. The maximum absolute atomic E-state index is 12.5. The van der Waals surface area contributed by atoms with Gasteiger partial charge >= 0.3 is 6.03 Å². The smallest absolute Gasteiger partial charge is 0.317 e. The fourth-order valence-electron chi connectivity index (χ4n) is 3.85. The van der Waals surface area contributed by atoms with Crippen LogP contribution in [0.15, 0.2) is 4.52 Å². The van der Waals surface area contributed by atoms with E-state index in [1.54, 1.807) is 0 Å². The van der Waals surface area contributed by atoms with Gasteiger partial charge in [0, 0.05) is 39.2 Å². The van der Waals surface area contributed by atoms with Gasteiger partial charge in [-0.25, -0.2) is 4.79 Å². The molecule has 26 heavy (non-hydrogen) atoms. The van der Waals surface area contributed by atoms with Gasteiger partial charge in [0.2, 0.25) is 5.89 Å². The second-order valence-corrected chi connectivity index (χ2v) is 7.19. The predicted octanol–water partition coefficient (Wildman–Crippen LogP) is 1.94. The van der Waals surface area contributed by atoms with E-state index >= 15 is 0 Å². The van der Waals surface area contributed by atoms with Gasteiger partial charge in [-0.15, -0.1) is 0 Å². The third-order valence-electron chi connectivity index (χ3n) is 5.33. The molecule has 2 saturated heterocycles. The summed E-state index contributed by atoms with van der Waals surface area (Å²) in [4.78, 5) is 21.1. The Hall–Kier alpha value is -1.67. The molecule has 2 amide bonds. The second kappa shape index (κ2) is 9.32. The number of hydrogen-bond acceptors (Lipinski definition) is 6. The van der Waals surface area contributed by atoms with Crippen LogP contribution in [-0.4, -0.2) is 70.9 Å². The third kappa shape index (κ3) is 5.17. The maximum atomic E-state index is 12.5. The van der Waals surface area contributed by atoms with E-state index in [0.717, 1.165) is 64.2 Å². The number of urea groups is 1. The van der Waals surface area contributed by atoms with Gasteiger partial charge < -0.3 is 19.5 Å². The Bertz CT molecular complexity index is 573. The number of carbonyl (C=O) groups excluding carboxylic acids is 1. The number of nitrogens with zero attached hydrogens (tertiary/aromatic N) is 4. The highest BCUT2D eigenvalue weighted by atomic mass is 16.5. The van der Waals surface area contributed by atoms with Gasteiger partial charge in [-0.3, -0.25) is 4.90 Å². The average molecular weight is 365 g/mol. The van der Waals surface area contributed by atoms with Crippen LogP contribution >= 0.6 is 0 Å². The Kier molecular flexibility index (Phi) is 6.85. The minimum atomic E-state index is 0.0398. The molecule has 1 N–H and O–H groups in total. The minimum absolute atomic E-state index is 0.0398. The maximum Gasteiger partial charge on any atom is 0.317 e. The minimum Gasteiger partial charge on any atom is -0.376 e. The Morgan fingerprint density at radius 3 is 2.88 bits per heavy atom. The van der Waals surface area contributed by atoms with Crippen molar-refractivity contribution >= 4 is 6.03 Å². The van der Waals surface area contributed by atoms with Gasteiger partial charge in [-0.1, -0.05) is 12.1 Å². The van der Waals surface area contributed by atoms with E-state index in [0.29, 0.717) is 25.0 Å². The lowest BCUT2D eigenvalue weighted by molar-refractivity contribution is 0.109. The van der Waals surface area contributed by atoms with Gasteiger partial charge in [0.1, 0.15) is 0 Å². The molecular weight excluding hydrogens is 334 g/mol. The highest BCUT2D eigenvalue weighted by Crippen LogP contribution is 2.19. The van der Waals surface area contributed by atoms with E-state index in [1.165, 1.54) is 0 Å². The molecule has 2 atom stereocenters. The lowest BCUT2D eigenvalue weighted by Crippen LogP contribution is -2.43. The number of ether oxygens (including phenoxy) is 1. The number of nitrogens with one attached hydrogen (secondary N) is 1. The Labute approximate surface area is 155 Å². The number of carbonyl (C=O) groups is 1. The Balaban J connectivity index is 1.47. The summed E-state index contributed by atoms with van der Waals surface area (Å²) in [5.74, 6) is 1.34. The van der Waals surface area contributed by atoms with Crippen molar-refractivity contribution in [1.29, 1.82) is 0 Å². The molecule has 2 aliphatic rings. The van der Waals surface area contributed by atoms with Gasteiger partial charge in [-0.2, -0.15) is 4.98 Å². The van der Waals surface area contributed by atoms with Crippen molar-refractivity contribution < 1.29 is 14.1 Å². The molecule has 8 nitrogen and oxygen atoms in total. The van der Waals surface area contributed by atoms with E-state index in [9.17, 15) is 4.79 Å². The molecule has 3 heterocycles. The molecule has 0 bridgehead atoms. The summed E-state index contributed by atoms with van der Waals surface area (Å²) < 4.78 is 10.7. The van der Waals surface area contributed by atoms with Crippen molar-refractivity contribution in [3.05, 3.63) is 11.7 Å². The summed E-state index contributed by atoms with van der Waals surface area (Å²) in [5.41, 5.74) is 0. The quantitative estimate of drug-likeness (QED) is 0.829. The molecule has 8 heteroatoms. The largest absolute Gasteiger partial charge is 0.376 e. The molecule has 0 radical (unpaired) electrons. The Morgan fingerprint density at radius 1 is 1.31 bits per heavy atom. The fourth-order valence-corrected chi connectivity index (χ4v) is 3.85. The number of rotatable bonds is 6. The lowest BCUT2D eigenvalue weighted by atomic mass is 10.1. The molecule has 0 saturated carbocycles. The molecule has 3 rings (SSSR count). The molecule has 2 fully saturated rings. The highest BCUT2D eigenvalue weighted by molar-refractivity contribution is 5.74. The van der Waals surface area contributed by atoms with Crippen molar-refractivity contribution in [1.82, 2.24) is 25.3 Å². The van der Waals surface area contributed by atoms with Crippen LogP contribution in [0.2, 0.25) is 0 Å². The van der Waals surface area contributed by atoms with Crippen molar-refractivity contribution in [3.63, 3.8) is 0 Å². The van der Waals surface area contributed by atoms with Crippen LogP contribution in [-0.2, 0) is 11.3 Å². The Morgan fingerprint density at radius 2 is 2.19 bits per heavy atom. The number of aromatic nitrogens is 2. The number of amides is 2. The molecule has 0 unspecified atom stereocenters. The molecule has 0 spiro atoms. The zero-order chi connectivity index (χ0) is 18.4. The number of likely N-dealkylation sites (tertiary alicyclic amines) is 1. The second-order valence-electron chi connectivity index (χ2n) is 7.19. The zero-order valence-corrected chi connectivity index (χ0v) is 15.9. The zero-order valence-electron chi connectivity index (χ0n) is 15.9. The van der Waals surface area contributed by atoms with Crippen molar-refractivity contribution in [2.45, 2.75) is 64.6 Å². The topological polar surface area (TPSA) is 83.7 Å². The van der Waals surface area contributed by atoms with Gasteiger partial charge in [0.25, 0.3) is 0 Å². The van der Waals surface area contributed by atoms with Gasteiger partial charge in [-0.05, 0) is 38.6 Å². The highest BCUT2D eigenvalue weighted by Gasteiger charge is 2.25. The molecule has 2 aliphatic heterocycles. The van der Waals surface area contributed by atoms with Crippen LogP contribution in [0.1, 0.15) is 50.7 Å². The standard InChI is InChI=1S/C18H31N5O3/c1-3-22(13-17-20-14(2)26-21-17)15-6-4-9-23(10-8-15)18(24)19-12-16-7-5-11-25-16/h15-16H,3-13H2,1-2H3,(H,19,24)/t15-,16+/m0/s1. The summed E-state index contributed by atoms with van der Waals surface area (Å²) in [5, 5.41) is 7.05. The summed E-state index contributed by atoms with van der Waals surface area (Å²) in [6.07, 6.45) is 5.40. The SMILES string of the molecule is CCN(Cc1noc(C)n1)[C@H]1CCCN(C(=O)NC[C@H]2CCCO2)CC1. The van der Waals surface area contributed by atoms with Crippen LogP contribution < -0.4 is 5.32 Å². The van der Waals surface area contributed by atoms with E-state index in [2.05, 4.69) is 27.3 Å². The summed E-state index contributed by atoms with van der Waals surface area (Å²) >= 11 is 0. The van der Waals surface area contributed by atoms with Crippen LogP contribution in [0.4, 0.5) is 4.79 Å². The molecule has 1 aromatic heterocycles. The van der Waals surface area contributed by atoms with E-state index in [4.69, 9.17) is 9.26 Å². The fraction of sp³-hybridized carbons (Fsp3) is 0.833. The summed E-state index contributed by atoms with van der Waals surface area (Å²) in [7, 11) is 0. The first kappa shape index (κ1) is 19.1. The number of aryl methyl sites for hydroxylation is 1. The summed E-state index contributed by atoms with van der Waals surface area (Å²) in [6.45, 7) is 8.63. The monoisotopic (exact) mass is 365 g/mol. The molecule has 0 aliphatic carbocycles. The van der Waals surface area contributed by atoms with Gasteiger partial charge in [0.15, 0.2) is 5.82 Å². The van der Waals surface area contributed by atoms with Crippen molar-refractivity contribution in [2.24, 2.45) is 0 Å². The average Bonchev–Trinajstić information content (AvgIpc) is 3.24. The molecular formula is C18H31N5O3. The van der Waals surface area contributed by atoms with Crippen LogP contribution in [0.3, 0.4) is 0 Å². The lowest BCUT2D eigenvalue weighted by Gasteiger charge is -2.29. The molecule has 1 aromatic rings. The van der Waals surface area contributed by atoms with E-state index in [1.807, 2.05) is 11.8 Å². The third-order valence-corrected chi connectivity index (χ3v) is 5.33. The first-order valence-electron chi connectivity index (χ1n) is 9.83. The molecule has 0 aromatic carbocycles. The van der Waals surface area contributed by atoms with Crippen LogP contribution in [0, 0.1) is 6.92 Å².